The summed E-state index contributed by atoms with van der Waals surface area (Å²) in [4.78, 5) is 10.5. The monoisotopic (exact) mass is 256 g/mol. The van der Waals surface area contributed by atoms with Crippen molar-refractivity contribution in [1.82, 2.24) is 9.97 Å². The van der Waals surface area contributed by atoms with Gasteiger partial charge in [-0.3, -0.25) is 9.97 Å². The predicted molar refractivity (Wildman–Crippen MR) is 79.6 cm³/mol. The molecule has 2 aromatic rings. The van der Waals surface area contributed by atoms with Crippen LogP contribution in [0.5, 0.6) is 0 Å². The van der Waals surface area contributed by atoms with E-state index in [0.717, 1.165) is 30.9 Å². The lowest BCUT2D eigenvalue weighted by Gasteiger charge is -2.19. The molecule has 2 rings (SSSR count). The molecule has 0 aliphatic carbocycles. The molecular weight excluding hydrogens is 236 g/mol. The van der Waals surface area contributed by atoms with E-state index in [1.807, 2.05) is 24.8 Å². The first-order chi connectivity index (χ1) is 9.29. The summed E-state index contributed by atoms with van der Waals surface area (Å²) < 4.78 is 0. The van der Waals surface area contributed by atoms with Crippen LogP contribution >= 0.6 is 0 Å². The summed E-state index contributed by atoms with van der Waals surface area (Å²) in [6.45, 7) is 3.95. The molecule has 4 heteroatoms. The van der Waals surface area contributed by atoms with E-state index < -0.39 is 0 Å². The Hall–Kier alpha value is -2.10. The van der Waals surface area contributed by atoms with Crippen LogP contribution in [0.2, 0.25) is 0 Å². The second-order valence-electron chi connectivity index (χ2n) is 4.49. The van der Waals surface area contributed by atoms with Gasteiger partial charge in [-0.05, 0) is 37.1 Å². The number of aromatic nitrogens is 2. The second-order valence-corrected chi connectivity index (χ2v) is 4.49. The number of pyridine rings is 2. The summed E-state index contributed by atoms with van der Waals surface area (Å²) in [5.41, 5.74) is 3.50. The van der Waals surface area contributed by atoms with Crippen LogP contribution in [0.15, 0.2) is 43.0 Å². The topological polar surface area (TPSA) is 41.1 Å². The minimum atomic E-state index is 0.909. The molecule has 19 heavy (non-hydrogen) atoms. The number of nitrogens with one attached hydrogen (secondary N) is 1. The maximum atomic E-state index is 4.27. The lowest BCUT2D eigenvalue weighted by atomic mass is 10.2. The van der Waals surface area contributed by atoms with Crippen LogP contribution in [0.1, 0.15) is 12.5 Å². The van der Waals surface area contributed by atoms with Crippen molar-refractivity contribution in [2.45, 2.75) is 13.3 Å². The van der Waals surface area contributed by atoms with Crippen LogP contribution in [0.3, 0.4) is 0 Å². The van der Waals surface area contributed by atoms with Gasteiger partial charge in [0, 0.05) is 32.5 Å². The van der Waals surface area contributed by atoms with Gasteiger partial charge in [0.25, 0.3) is 0 Å². The van der Waals surface area contributed by atoms with E-state index in [1.165, 1.54) is 5.56 Å². The SMILES string of the molecule is CCNc1cncc(N(C)CCc2ccncc2)c1. The third-order valence-corrected chi connectivity index (χ3v) is 3.03. The van der Waals surface area contributed by atoms with Crippen LogP contribution in [-0.4, -0.2) is 30.1 Å². The van der Waals surface area contributed by atoms with Gasteiger partial charge in [-0.1, -0.05) is 0 Å². The van der Waals surface area contributed by atoms with Gasteiger partial charge in [0.1, 0.15) is 0 Å². The maximum Gasteiger partial charge on any atom is 0.0570 e. The highest BCUT2D eigenvalue weighted by Crippen LogP contribution is 2.16. The third kappa shape index (κ3) is 3.95. The number of likely N-dealkylation sites (N-methyl/N-ethyl adjacent to an activating group) is 1. The first kappa shape index (κ1) is 13.3. The second kappa shape index (κ2) is 6.73. The van der Waals surface area contributed by atoms with Gasteiger partial charge in [-0.15, -0.1) is 0 Å². The zero-order chi connectivity index (χ0) is 13.5. The lowest BCUT2D eigenvalue weighted by Crippen LogP contribution is -2.20. The Balaban J connectivity index is 1.95. The standard InChI is InChI=1S/C15H20N4/c1-3-18-14-10-15(12-17-11-14)19(2)9-6-13-4-7-16-8-5-13/h4-5,7-8,10-12,18H,3,6,9H2,1-2H3. The molecule has 2 heterocycles. The number of hydrogen-bond donors (Lipinski definition) is 1. The van der Waals surface area contributed by atoms with E-state index in [0.29, 0.717) is 0 Å². The van der Waals surface area contributed by atoms with Gasteiger partial charge < -0.3 is 10.2 Å². The summed E-state index contributed by atoms with van der Waals surface area (Å²) in [7, 11) is 2.09. The quantitative estimate of drug-likeness (QED) is 0.862. The van der Waals surface area contributed by atoms with Crippen LogP contribution in [0.25, 0.3) is 0 Å². The predicted octanol–water partition coefficient (Wildman–Crippen LogP) is 2.59. The van der Waals surface area contributed by atoms with Gasteiger partial charge in [0.15, 0.2) is 0 Å². The van der Waals surface area contributed by atoms with E-state index in [-0.39, 0.29) is 0 Å². The molecule has 0 saturated carbocycles. The van der Waals surface area contributed by atoms with E-state index in [9.17, 15) is 0 Å². The minimum Gasteiger partial charge on any atom is -0.384 e. The molecule has 0 aliphatic heterocycles. The fourth-order valence-corrected chi connectivity index (χ4v) is 1.91. The lowest BCUT2D eigenvalue weighted by molar-refractivity contribution is 0.872. The Morgan fingerprint density at radius 1 is 1.16 bits per heavy atom. The van der Waals surface area contributed by atoms with Gasteiger partial charge in [-0.25, -0.2) is 0 Å². The molecule has 4 nitrogen and oxygen atoms in total. The largest absolute Gasteiger partial charge is 0.384 e. The summed E-state index contributed by atoms with van der Waals surface area (Å²) in [6.07, 6.45) is 8.42. The van der Waals surface area contributed by atoms with E-state index in [4.69, 9.17) is 0 Å². The molecule has 0 unspecified atom stereocenters. The average molecular weight is 256 g/mol. The highest BCUT2D eigenvalue weighted by molar-refractivity contribution is 5.55. The van der Waals surface area contributed by atoms with Crippen LogP contribution in [0.4, 0.5) is 11.4 Å². The van der Waals surface area contributed by atoms with Gasteiger partial charge >= 0.3 is 0 Å². The van der Waals surface area contributed by atoms with Crippen molar-refractivity contribution in [2.24, 2.45) is 0 Å². The fourth-order valence-electron chi connectivity index (χ4n) is 1.91. The van der Waals surface area contributed by atoms with E-state index >= 15 is 0 Å². The van der Waals surface area contributed by atoms with Crippen molar-refractivity contribution >= 4 is 11.4 Å². The molecule has 0 atom stereocenters. The zero-order valence-electron chi connectivity index (χ0n) is 11.5. The third-order valence-electron chi connectivity index (χ3n) is 3.03. The number of rotatable bonds is 6. The van der Waals surface area contributed by atoms with E-state index in [1.54, 1.807) is 0 Å². The highest BCUT2D eigenvalue weighted by atomic mass is 15.1. The van der Waals surface area contributed by atoms with Crippen molar-refractivity contribution in [2.75, 3.05) is 30.4 Å². The van der Waals surface area contributed by atoms with Crippen molar-refractivity contribution in [1.29, 1.82) is 0 Å². The molecule has 0 fully saturated rings. The molecule has 0 aliphatic rings. The molecule has 0 spiro atoms. The Labute approximate surface area is 114 Å². The van der Waals surface area contributed by atoms with Crippen molar-refractivity contribution < 1.29 is 0 Å². The Morgan fingerprint density at radius 3 is 2.68 bits per heavy atom. The maximum absolute atomic E-state index is 4.27. The van der Waals surface area contributed by atoms with Gasteiger partial charge in [0.2, 0.25) is 0 Å². The highest BCUT2D eigenvalue weighted by Gasteiger charge is 2.03. The minimum absolute atomic E-state index is 0.909. The summed E-state index contributed by atoms with van der Waals surface area (Å²) in [5, 5.41) is 3.28. The molecule has 0 amide bonds. The van der Waals surface area contributed by atoms with Crippen LogP contribution in [0, 0.1) is 0 Å². The van der Waals surface area contributed by atoms with Gasteiger partial charge in [0.05, 0.1) is 23.8 Å². The molecule has 0 radical (unpaired) electrons. The van der Waals surface area contributed by atoms with Crippen molar-refractivity contribution in [3.8, 4) is 0 Å². The Kier molecular flexibility index (Phi) is 4.72. The Bertz CT molecular complexity index is 499. The van der Waals surface area contributed by atoms with Crippen molar-refractivity contribution in [3.63, 3.8) is 0 Å². The van der Waals surface area contributed by atoms with E-state index in [2.05, 4.69) is 52.4 Å². The zero-order valence-corrected chi connectivity index (χ0v) is 11.5. The molecule has 2 aromatic heterocycles. The molecule has 1 N–H and O–H groups in total. The number of nitrogens with zero attached hydrogens (tertiary/aromatic N) is 3. The molecule has 0 bridgehead atoms. The average Bonchev–Trinajstić information content (AvgIpc) is 2.46. The summed E-state index contributed by atoms with van der Waals surface area (Å²) in [6, 6.07) is 6.24. The fraction of sp³-hybridized carbons (Fsp3) is 0.333. The Morgan fingerprint density at radius 2 is 1.95 bits per heavy atom. The first-order valence-electron chi connectivity index (χ1n) is 6.58. The molecule has 100 valence electrons. The number of anilines is 2. The normalized spacial score (nSPS) is 10.2. The molecular formula is C15H20N4. The van der Waals surface area contributed by atoms with Crippen molar-refractivity contribution in [3.05, 3.63) is 48.5 Å². The summed E-state index contributed by atoms with van der Waals surface area (Å²) in [5.74, 6) is 0. The van der Waals surface area contributed by atoms with Crippen LogP contribution in [-0.2, 0) is 6.42 Å². The van der Waals surface area contributed by atoms with Gasteiger partial charge in [-0.2, -0.15) is 0 Å². The smallest absolute Gasteiger partial charge is 0.0570 e. The number of hydrogen-bond acceptors (Lipinski definition) is 4. The summed E-state index contributed by atoms with van der Waals surface area (Å²) >= 11 is 0. The molecule has 0 saturated heterocycles. The van der Waals surface area contributed by atoms with Crippen LogP contribution < -0.4 is 10.2 Å². The molecule has 0 aromatic carbocycles. The first-order valence-corrected chi connectivity index (χ1v) is 6.58.